The van der Waals surface area contributed by atoms with Crippen molar-refractivity contribution in [1.82, 2.24) is 5.32 Å². The average molecular weight is 215 g/mol. The number of rotatable bonds is 11. The Balaban J connectivity index is 2.98. The zero-order chi connectivity index (χ0) is 11.4. The number of hydrogen-bond donors (Lipinski definition) is 1. The van der Waals surface area contributed by atoms with Crippen LogP contribution in [0, 0.1) is 0 Å². The molecule has 0 aliphatic rings. The molecule has 0 rings (SSSR count). The van der Waals surface area contributed by atoms with Crippen LogP contribution in [0.5, 0.6) is 0 Å². The van der Waals surface area contributed by atoms with E-state index in [1.165, 1.54) is 38.5 Å². The summed E-state index contributed by atoms with van der Waals surface area (Å²) < 4.78 is 5.59. The molecule has 0 aromatic heterocycles. The van der Waals surface area contributed by atoms with Crippen molar-refractivity contribution in [3.8, 4) is 0 Å². The Morgan fingerprint density at radius 3 is 2.33 bits per heavy atom. The molecule has 1 unspecified atom stereocenters. The van der Waals surface area contributed by atoms with Crippen LogP contribution >= 0.6 is 0 Å². The van der Waals surface area contributed by atoms with Crippen LogP contribution in [0.15, 0.2) is 0 Å². The van der Waals surface area contributed by atoms with Crippen LogP contribution in [0.1, 0.15) is 59.3 Å². The summed E-state index contributed by atoms with van der Waals surface area (Å²) in [5.41, 5.74) is 0. The summed E-state index contributed by atoms with van der Waals surface area (Å²) in [5.74, 6) is 0. The summed E-state index contributed by atoms with van der Waals surface area (Å²) in [5, 5.41) is 3.34. The molecular formula is C13H29NO. The second-order valence-electron chi connectivity index (χ2n) is 4.30. The van der Waals surface area contributed by atoms with Gasteiger partial charge in [-0.3, -0.25) is 0 Å². The molecular weight excluding hydrogens is 186 g/mol. The summed E-state index contributed by atoms with van der Waals surface area (Å²) in [6.45, 7) is 9.37. The summed E-state index contributed by atoms with van der Waals surface area (Å²) >= 11 is 0. The molecule has 15 heavy (non-hydrogen) atoms. The van der Waals surface area contributed by atoms with Crippen molar-refractivity contribution >= 4 is 0 Å². The van der Waals surface area contributed by atoms with E-state index in [1.54, 1.807) is 0 Å². The van der Waals surface area contributed by atoms with Crippen molar-refractivity contribution < 1.29 is 4.74 Å². The molecule has 1 atom stereocenters. The lowest BCUT2D eigenvalue weighted by atomic mass is 10.1. The van der Waals surface area contributed by atoms with Gasteiger partial charge < -0.3 is 10.1 Å². The van der Waals surface area contributed by atoms with Crippen molar-refractivity contribution in [2.45, 2.75) is 65.3 Å². The van der Waals surface area contributed by atoms with Gasteiger partial charge in [-0.25, -0.2) is 0 Å². The maximum Gasteiger partial charge on any atom is 0.0616 e. The molecule has 0 fully saturated rings. The third-order valence-corrected chi connectivity index (χ3v) is 2.56. The fourth-order valence-corrected chi connectivity index (χ4v) is 1.65. The summed E-state index contributed by atoms with van der Waals surface area (Å²) in [6.07, 6.45) is 8.04. The lowest BCUT2D eigenvalue weighted by Gasteiger charge is -2.12. The summed E-state index contributed by atoms with van der Waals surface area (Å²) in [4.78, 5) is 0. The van der Waals surface area contributed by atoms with Crippen molar-refractivity contribution in [2.24, 2.45) is 0 Å². The van der Waals surface area contributed by atoms with Crippen molar-refractivity contribution in [1.29, 1.82) is 0 Å². The highest BCUT2D eigenvalue weighted by Gasteiger charge is 1.98. The molecule has 0 heterocycles. The molecule has 0 saturated heterocycles. The van der Waals surface area contributed by atoms with Crippen LogP contribution in [-0.4, -0.2) is 25.8 Å². The molecule has 0 spiro atoms. The van der Waals surface area contributed by atoms with E-state index in [1.807, 2.05) is 0 Å². The summed E-state index contributed by atoms with van der Waals surface area (Å²) in [6, 6.07) is 0.495. The predicted molar refractivity (Wildman–Crippen MR) is 67.3 cm³/mol. The smallest absolute Gasteiger partial charge is 0.0616 e. The third kappa shape index (κ3) is 11.8. The van der Waals surface area contributed by atoms with Crippen LogP contribution < -0.4 is 5.32 Å². The Bertz CT molecular complexity index is 117. The number of hydrogen-bond acceptors (Lipinski definition) is 2. The van der Waals surface area contributed by atoms with E-state index < -0.39 is 0 Å². The van der Waals surface area contributed by atoms with Gasteiger partial charge >= 0.3 is 0 Å². The molecule has 0 amide bonds. The van der Waals surface area contributed by atoms with Crippen molar-refractivity contribution in [2.75, 3.05) is 19.8 Å². The van der Waals surface area contributed by atoms with Gasteiger partial charge in [0.15, 0.2) is 0 Å². The first-order chi connectivity index (χ1) is 7.31. The maximum atomic E-state index is 5.59. The Morgan fingerprint density at radius 1 is 1.00 bits per heavy atom. The molecule has 1 N–H and O–H groups in total. The second kappa shape index (κ2) is 12.0. The minimum atomic E-state index is 0.495. The largest absolute Gasteiger partial charge is 0.380 e. The second-order valence-corrected chi connectivity index (χ2v) is 4.30. The van der Waals surface area contributed by atoms with Crippen LogP contribution in [0.2, 0.25) is 0 Å². The fraction of sp³-hybridized carbons (Fsp3) is 1.00. The van der Waals surface area contributed by atoms with Gasteiger partial charge in [0.05, 0.1) is 6.61 Å². The van der Waals surface area contributed by atoms with E-state index in [4.69, 9.17) is 4.74 Å². The zero-order valence-electron chi connectivity index (χ0n) is 10.8. The van der Waals surface area contributed by atoms with Crippen molar-refractivity contribution in [3.63, 3.8) is 0 Å². The molecule has 0 saturated carbocycles. The van der Waals surface area contributed by atoms with Crippen molar-refractivity contribution in [3.05, 3.63) is 0 Å². The van der Waals surface area contributed by atoms with Gasteiger partial charge in [0.1, 0.15) is 0 Å². The normalized spacial score (nSPS) is 13.0. The minimum absolute atomic E-state index is 0.495. The number of nitrogens with one attached hydrogen (secondary N) is 1. The molecule has 0 aliphatic heterocycles. The monoisotopic (exact) mass is 215 g/mol. The lowest BCUT2D eigenvalue weighted by Crippen LogP contribution is -2.30. The molecule has 0 radical (unpaired) electrons. The Hall–Kier alpha value is -0.0800. The quantitative estimate of drug-likeness (QED) is 0.534. The first-order valence-corrected chi connectivity index (χ1v) is 6.62. The number of ether oxygens (including phenoxy) is 1. The Morgan fingerprint density at radius 2 is 1.67 bits per heavy atom. The standard InChI is InChI=1S/C13H29NO/c1-4-6-7-8-9-10-11-15-12-13(3)14-5-2/h13-14H,4-12H2,1-3H3. The van der Waals surface area contributed by atoms with E-state index in [0.717, 1.165) is 19.8 Å². The van der Waals surface area contributed by atoms with Gasteiger partial charge in [-0.15, -0.1) is 0 Å². The maximum absolute atomic E-state index is 5.59. The molecule has 2 heteroatoms. The number of likely N-dealkylation sites (N-methyl/N-ethyl adjacent to an activating group) is 1. The molecule has 0 aromatic carbocycles. The van der Waals surface area contributed by atoms with E-state index in [0.29, 0.717) is 6.04 Å². The van der Waals surface area contributed by atoms with Crippen LogP contribution in [0.25, 0.3) is 0 Å². The van der Waals surface area contributed by atoms with Crippen LogP contribution in [0.3, 0.4) is 0 Å². The highest BCUT2D eigenvalue weighted by molar-refractivity contribution is 4.56. The van der Waals surface area contributed by atoms with E-state index in [-0.39, 0.29) is 0 Å². The number of unbranched alkanes of at least 4 members (excludes halogenated alkanes) is 5. The molecule has 92 valence electrons. The molecule has 0 aromatic rings. The van der Waals surface area contributed by atoms with Gasteiger partial charge in [0, 0.05) is 12.6 Å². The minimum Gasteiger partial charge on any atom is -0.380 e. The SMILES string of the molecule is CCCCCCCCOCC(C)NCC. The zero-order valence-corrected chi connectivity index (χ0v) is 10.8. The fourth-order valence-electron chi connectivity index (χ4n) is 1.65. The molecule has 0 aliphatic carbocycles. The van der Waals surface area contributed by atoms with E-state index in [9.17, 15) is 0 Å². The first kappa shape index (κ1) is 14.9. The van der Waals surface area contributed by atoms with Gasteiger partial charge in [-0.2, -0.15) is 0 Å². The Kier molecular flexibility index (Phi) is 11.9. The van der Waals surface area contributed by atoms with E-state index in [2.05, 4.69) is 26.1 Å². The van der Waals surface area contributed by atoms with Gasteiger partial charge in [0.25, 0.3) is 0 Å². The topological polar surface area (TPSA) is 21.3 Å². The first-order valence-electron chi connectivity index (χ1n) is 6.62. The van der Waals surface area contributed by atoms with Crippen LogP contribution in [-0.2, 0) is 4.74 Å². The van der Waals surface area contributed by atoms with Gasteiger partial charge in [-0.1, -0.05) is 46.0 Å². The molecule has 2 nitrogen and oxygen atoms in total. The van der Waals surface area contributed by atoms with Crippen LogP contribution in [0.4, 0.5) is 0 Å². The Labute approximate surface area is 95.8 Å². The van der Waals surface area contributed by atoms with E-state index >= 15 is 0 Å². The molecule has 0 bridgehead atoms. The highest BCUT2D eigenvalue weighted by atomic mass is 16.5. The average Bonchev–Trinajstić information content (AvgIpc) is 2.22. The van der Waals surface area contributed by atoms with Gasteiger partial charge in [0.2, 0.25) is 0 Å². The highest BCUT2D eigenvalue weighted by Crippen LogP contribution is 2.04. The third-order valence-electron chi connectivity index (χ3n) is 2.56. The van der Waals surface area contributed by atoms with Gasteiger partial charge in [-0.05, 0) is 19.9 Å². The lowest BCUT2D eigenvalue weighted by molar-refractivity contribution is 0.112. The predicted octanol–water partition coefficient (Wildman–Crippen LogP) is 3.36. The summed E-state index contributed by atoms with van der Waals surface area (Å²) in [7, 11) is 0.